The van der Waals surface area contributed by atoms with Gasteiger partial charge in [-0.2, -0.15) is 0 Å². The Morgan fingerprint density at radius 1 is 1.23 bits per heavy atom. The molecule has 0 amide bonds. The molecule has 2 aliphatic rings. The van der Waals surface area contributed by atoms with Crippen molar-refractivity contribution in [2.45, 2.75) is 19.4 Å². The monoisotopic (exact) mass is 425 g/mol. The van der Waals surface area contributed by atoms with Gasteiger partial charge in [-0.1, -0.05) is 23.5 Å². The molecule has 0 unspecified atom stereocenters. The van der Waals surface area contributed by atoms with E-state index in [0.29, 0.717) is 0 Å². The number of anilines is 2. The van der Waals surface area contributed by atoms with Gasteiger partial charge in [0.2, 0.25) is 0 Å². The summed E-state index contributed by atoms with van der Waals surface area (Å²) >= 11 is 1.22. The van der Waals surface area contributed by atoms with Gasteiger partial charge in [-0.3, -0.25) is 9.69 Å². The molecule has 5 rings (SSSR count). The number of H-pyrrole nitrogens is 1. The number of benzene rings is 1. The van der Waals surface area contributed by atoms with Crippen molar-refractivity contribution >= 4 is 39.0 Å². The molecule has 1 saturated heterocycles. The highest BCUT2D eigenvalue weighted by atomic mass is 32.1. The Morgan fingerprint density at radius 3 is 2.83 bits per heavy atom. The van der Waals surface area contributed by atoms with Crippen LogP contribution in [0.3, 0.4) is 0 Å². The molecular formula is C21H23N5O3S. The first-order valence-electron chi connectivity index (χ1n) is 10.2. The number of nitrogens with one attached hydrogen (secondary N) is 2. The first kappa shape index (κ1) is 19.1. The van der Waals surface area contributed by atoms with Crippen molar-refractivity contribution in [1.29, 1.82) is 0 Å². The van der Waals surface area contributed by atoms with Crippen LogP contribution < -0.4 is 15.8 Å². The molecule has 0 aliphatic carbocycles. The number of carboxylic acids is 1. The number of carbonyl (C=O) groups is 1. The van der Waals surface area contributed by atoms with Crippen molar-refractivity contribution in [3.63, 3.8) is 0 Å². The molecule has 9 heteroatoms. The number of aromatic nitrogens is 2. The Kier molecular flexibility index (Phi) is 4.92. The lowest BCUT2D eigenvalue weighted by Crippen LogP contribution is -2.45. The minimum absolute atomic E-state index is 0.0136. The van der Waals surface area contributed by atoms with Gasteiger partial charge in [0.1, 0.15) is 4.88 Å². The molecule has 0 atom stereocenters. The number of nitrogens with zero attached hydrogens (tertiary/aromatic N) is 3. The molecule has 4 heterocycles. The van der Waals surface area contributed by atoms with Crippen molar-refractivity contribution in [2.24, 2.45) is 0 Å². The van der Waals surface area contributed by atoms with Crippen LogP contribution >= 0.6 is 11.3 Å². The van der Waals surface area contributed by atoms with Crippen LogP contribution in [0.25, 0.3) is 10.9 Å². The predicted octanol–water partition coefficient (Wildman–Crippen LogP) is 2.36. The zero-order valence-electron chi connectivity index (χ0n) is 16.5. The number of aromatic carboxylic acids is 1. The third-order valence-electron chi connectivity index (χ3n) is 5.84. The van der Waals surface area contributed by atoms with E-state index in [4.69, 9.17) is 5.11 Å². The summed E-state index contributed by atoms with van der Waals surface area (Å²) in [4.78, 5) is 35.6. The maximum absolute atomic E-state index is 12.4. The maximum Gasteiger partial charge on any atom is 0.347 e. The smallest absolute Gasteiger partial charge is 0.347 e. The van der Waals surface area contributed by atoms with Crippen LogP contribution in [0.4, 0.5) is 10.8 Å². The number of hydrogen-bond donors (Lipinski definition) is 3. The van der Waals surface area contributed by atoms with Crippen LogP contribution in [0.1, 0.15) is 27.2 Å². The summed E-state index contributed by atoms with van der Waals surface area (Å²) < 4.78 is 0. The summed E-state index contributed by atoms with van der Waals surface area (Å²) in [6.45, 7) is 5.10. The Bertz CT molecular complexity index is 1160. The van der Waals surface area contributed by atoms with E-state index in [1.165, 1.54) is 23.1 Å². The first-order chi connectivity index (χ1) is 14.6. The number of carboxylic acid groups (broad SMARTS) is 1. The lowest BCUT2D eigenvalue weighted by Gasteiger charge is -2.34. The number of thiazole rings is 1. The Balaban J connectivity index is 1.28. The van der Waals surface area contributed by atoms with Gasteiger partial charge >= 0.3 is 5.97 Å². The van der Waals surface area contributed by atoms with Gasteiger partial charge in [-0.15, -0.1) is 0 Å². The average Bonchev–Trinajstić information content (AvgIpc) is 3.25. The SMILES string of the molecule is O=C(O)c1cnc(N2CCN(Cc3ccc4c5c(c(=O)[nH]c4c3)CCCN5)CC2)s1. The number of fused-ring (bicyclic) bond motifs is 3. The van der Waals surface area contributed by atoms with E-state index in [2.05, 4.69) is 43.3 Å². The Hall–Kier alpha value is -2.91. The second-order valence-corrected chi connectivity index (χ2v) is 8.80. The fourth-order valence-corrected chi connectivity index (χ4v) is 5.08. The largest absolute Gasteiger partial charge is 0.477 e. The minimum atomic E-state index is -0.928. The van der Waals surface area contributed by atoms with Crippen LogP contribution in [0.2, 0.25) is 0 Å². The molecule has 2 aliphatic heterocycles. The lowest BCUT2D eigenvalue weighted by molar-refractivity contribution is 0.0702. The summed E-state index contributed by atoms with van der Waals surface area (Å²) in [6.07, 6.45) is 3.25. The summed E-state index contributed by atoms with van der Waals surface area (Å²) in [5, 5.41) is 14.3. The van der Waals surface area contributed by atoms with Gasteiger partial charge in [0.15, 0.2) is 5.13 Å². The Labute approximate surface area is 177 Å². The number of aromatic amines is 1. The highest BCUT2D eigenvalue weighted by Gasteiger charge is 2.21. The van der Waals surface area contributed by atoms with Gasteiger partial charge in [0.05, 0.1) is 17.4 Å². The molecule has 0 radical (unpaired) electrons. The summed E-state index contributed by atoms with van der Waals surface area (Å²) in [7, 11) is 0. The molecule has 3 aromatic rings. The van der Waals surface area contributed by atoms with Crippen molar-refractivity contribution in [2.75, 3.05) is 42.9 Å². The Morgan fingerprint density at radius 2 is 2.07 bits per heavy atom. The van der Waals surface area contributed by atoms with Crippen LogP contribution in [0.15, 0.2) is 29.2 Å². The van der Waals surface area contributed by atoms with Crippen molar-refractivity contribution < 1.29 is 9.90 Å². The highest BCUT2D eigenvalue weighted by molar-refractivity contribution is 7.17. The standard InChI is InChI=1S/C21H23N5O3S/c27-19-15-2-1-5-22-18(15)14-4-3-13(10-16(14)24-19)12-25-6-8-26(9-7-25)21-23-11-17(30-21)20(28)29/h3-4,10-11,22H,1-2,5-9,12H2,(H,24,27)(H,28,29). The average molecular weight is 426 g/mol. The third-order valence-corrected chi connectivity index (χ3v) is 6.88. The summed E-state index contributed by atoms with van der Waals surface area (Å²) in [5.74, 6) is -0.928. The molecule has 8 nitrogen and oxygen atoms in total. The third kappa shape index (κ3) is 3.54. The van der Waals surface area contributed by atoms with E-state index in [9.17, 15) is 9.59 Å². The van der Waals surface area contributed by atoms with E-state index >= 15 is 0 Å². The van der Waals surface area contributed by atoms with Crippen molar-refractivity contribution in [1.82, 2.24) is 14.9 Å². The van der Waals surface area contributed by atoms with E-state index in [1.54, 1.807) is 0 Å². The van der Waals surface area contributed by atoms with Crippen molar-refractivity contribution in [3.8, 4) is 0 Å². The van der Waals surface area contributed by atoms with E-state index in [1.807, 2.05) is 0 Å². The molecule has 0 spiro atoms. The van der Waals surface area contributed by atoms with Crippen LogP contribution in [0.5, 0.6) is 0 Å². The van der Waals surface area contributed by atoms with Crippen LogP contribution in [-0.4, -0.2) is 58.7 Å². The zero-order valence-corrected chi connectivity index (χ0v) is 17.3. The number of pyridine rings is 1. The molecule has 1 fully saturated rings. The zero-order chi connectivity index (χ0) is 20.7. The summed E-state index contributed by atoms with van der Waals surface area (Å²) in [5.41, 5.74) is 3.92. The fourth-order valence-electron chi connectivity index (χ4n) is 4.27. The van der Waals surface area contributed by atoms with Gasteiger partial charge in [0.25, 0.3) is 5.56 Å². The summed E-state index contributed by atoms with van der Waals surface area (Å²) in [6, 6.07) is 6.33. The molecule has 1 aromatic carbocycles. The molecule has 156 valence electrons. The van der Waals surface area contributed by atoms with E-state index in [-0.39, 0.29) is 10.4 Å². The second kappa shape index (κ2) is 7.73. The van der Waals surface area contributed by atoms with Crippen LogP contribution in [-0.2, 0) is 13.0 Å². The quantitative estimate of drug-likeness (QED) is 0.590. The van der Waals surface area contributed by atoms with Gasteiger partial charge in [-0.25, -0.2) is 9.78 Å². The molecule has 30 heavy (non-hydrogen) atoms. The molecule has 2 aromatic heterocycles. The number of rotatable bonds is 4. The lowest BCUT2D eigenvalue weighted by atomic mass is 10.0. The number of piperazine rings is 1. The van der Waals surface area contributed by atoms with Gasteiger partial charge < -0.3 is 20.3 Å². The first-order valence-corrected chi connectivity index (χ1v) is 11.0. The maximum atomic E-state index is 12.4. The molecule has 0 saturated carbocycles. The second-order valence-electron chi connectivity index (χ2n) is 7.79. The van der Waals surface area contributed by atoms with E-state index < -0.39 is 5.97 Å². The van der Waals surface area contributed by atoms with E-state index in [0.717, 1.165) is 79.4 Å². The minimum Gasteiger partial charge on any atom is -0.477 e. The van der Waals surface area contributed by atoms with Crippen LogP contribution in [0, 0.1) is 0 Å². The highest BCUT2D eigenvalue weighted by Crippen LogP contribution is 2.28. The van der Waals surface area contributed by atoms with Gasteiger partial charge in [-0.05, 0) is 24.5 Å². The van der Waals surface area contributed by atoms with Gasteiger partial charge in [0, 0.05) is 50.2 Å². The normalized spacial score (nSPS) is 17.0. The molecular weight excluding hydrogens is 402 g/mol. The predicted molar refractivity (Wildman–Crippen MR) is 118 cm³/mol. The molecule has 3 N–H and O–H groups in total. The molecule has 0 bridgehead atoms. The number of hydrogen-bond acceptors (Lipinski definition) is 7. The fraction of sp³-hybridized carbons (Fsp3) is 0.381. The van der Waals surface area contributed by atoms with Crippen molar-refractivity contribution in [3.05, 3.63) is 50.8 Å². The topological polar surface area (TPSA) is 102 Å².